The zero-order valence-corrected chi connectivity index (χ0v) is 12.5. The van der Waals surface area contributed by atoms with E-state index in [4.69, 9.17) is 0 Å². The average Bonchev–Trinajstić information content (AvgIpc) is 2.42. The summed E-state index contributed by atoms with van der Waals surface area (Å²) in [6, 6.07) is 3.49. The van der Waals surface area contributed by atoms with Crippen LogP contribution >= 0.6 is 11.8 Å². The summed E-state index contributed by atoms with van der Waals surface area (Å²) in [5.74, 6) is 0.143. The van der Waals surface area contributed by atoms with Crippen molar-refractivity contribution in [3.05, 3.63) is 33.9 Å². The molecule has 0 fully saturated rings. The lowest BCUT2D eigenvalue weighted by molar-refractivity contribution is -0.385. The molecule has 1 aromatic rings. The number of nitrogens with zero attached hydrogens (tertiary/aromatic N) is 2. The van der Waals surface area contributed by atoms with E-state index in [1.165, 1.54) is 11.0 Å². The molecule has 20 heavy (non-hydrogen) atoms. The predicted octanol–water partition coefficient (Wildman–Crippen LogP) is 2.51. The van der Waals surface area contributed by atoms with Gasteiger partial charge in [0.05, 0.1) is 4.92 Å². The number of nitro benzene ring substituents is 1. The van der Waals surface area contributed by atoms with E-state index in [0.29, 0.717) is 0 Å². The Balaban J connectivity index is 3.13. The molecular formula is C13H18N2O4S. The number of carbonyl (C=O) groups excluding carboxylic acids is 1. The Kier molecular flexibility index (Phi) is 5.82. The zero-order chi connectivity index (χ0) is 15.3. The van der Waals surface area contributed by atoms with E-state index < -0.39 is 10.8 Å². The van der Waals surface area contributed by atoms with Crippen molar-refractivity contribution < 1.29 is 14.8 Å². The molecule has 1 unspecified atom stereocenters. The largest absolute Gasteiger partial charge is 0.508 e. The molecule has 0 aliphatic rings. The van der Waals surface area contributed by atoms with Crippen molar-refractivity contribution in [3.63, 3.8) is 0 Å². The number of phenols is 1. The summed E-state index contributed by atoms with van der Waals surface area (Å²) < 4.78 is 0. The van der Waals surface area contributed by atoms with E-state index in [2.05, 4.69) is 0 Å². The van der Waals surface area contributed by atoms with Crippen LogP contribution in [-0.2, 0) is 0 Å². The summed E-state index contributed by atoms with van der Waals surface area (Å²) in [6.07, 6.45) is 2.70. The van der Waals surface area contributed by atoms with E-state index in [-0.39, 0.29) is 23.0 Å². The maximum absolute atomic E-state index is 12.4. The predicted molar refractivity (Wildman–Crippen MR) is 79.3 cm³/mol. The standard InChI is InChI=1S/C13H18N2O4S/c1-4-9(8-20-3)14(2)13(17)11-7-10(16)5-6-12(11)15(18)19/h5-7,9,16H,4,8H2,1-3H3. The van der Waals surface area contributed by atoms with Crippen LogP contribution in [-0.4, -0.2) is 45.9 Å². The van der Waals surface area contributed by atoms with E-state index in [9.17, 15) is 20.0 Å². The molecule has 1 rings (SSSR count). The Labute approximate surface area is 121 Å². The molecular weight excluding hydrogens is 280 g/mol. The maximum atomic E-state index is 12.4. The number of amides is 1. The van der Waals surface area contributed by atoms with Gasteiger partial charge in [0.25, 0.3) is 11.6 Å². The highest BCUT2D eigenvalue weighted by Crippen LogP contribution is 2.25. The lowest BCUT2D eigenvalue weighted by Crippen LogP contribution is -2.38. The molecule has 0 heterocycles. The Morgan fingerprint density at radius 1 is 1.55 bits per heavy atom. The number of carbonyl (C=O) groups is 1. The number of thioether (sulfide) groups is 1. The number of phenolic OH excluding ortho intramolecular Hbond substituents is 1. The molecule has 110 valence electrons. The van der Waals surface area contributed by atoms with Gasteiger partial charge in [-0.25, -0.2) is 0 Å². The van der Waals surface area contributed by atoms with Gasteiger partial charge < -0.3 is 10.0 Å². The molecule has 0 saturated heterocycles. The van der Waals surface area contributed by atoms with Crippen LogP contribution < -0.4 is 0 Å². The third kappa shape index (κ3) is 3.63. The topological polar surface area (TPSA) is 83.7 Å². The molecule has 7 heteroatoms. The lowest BCUT2D eigenvalue weighted by atomic mass is 10.1. The Bertz CT molecular complexity index is 507. The van der Waals surface area contributed by atoms with E-state index in [0.717, 1.165) is 24.3 Å². The van der Waals surface area contributed by atoms with Crippen LogP contribution in [0.15, 0.2) is 18.2 Å². The maximum Gasteiger partial charge on any atom is 0.282 e. The minimum atomic E-state index is -0.615. The van der Waals surface area contributed by atoms with E-state index >= 15 is 0 Å². The molecule has 1 atom stereocenters. The smallest absolute Gasteiger partial charge is 0.282 e. The highest BCUT2D eigenvalue weighted by Gasteiger charge is 2.26. The molecule has 0 aliphatic heterocycles. The fourth-order valence-electron chi connectivity index (χ4n) is 1.91. The van der Waals surface area contributed by atoms with Gasteiger partial charge in [0.2, 0.25) is 0 Å². The first-order valence-corrected chi connectivity index (χ1v) is 7.55. The minimum absolute atomic E-state index is 0.000506. The lowest BCUT2D eigenvalue weighted by Gasteiger charge is -2.26. The normalized spacial score (nSPS) is 11.9. The van der Waals surface area contributed by atoms with Crippen molar-refractivity contribution in [1.82, 2.24) is 4.90 Å². The molecule has 0 spiro atoms. The number of benzene rings is 1. The average molecular weight is 298 g/mol. The highest BCUT2D eigenvalue weighted by molar-refractivity contribution is 7.98. The third-order valence-electron chi connectivity index (χ3n) is 3.11. The van der Waals surface area contributed by atoms with E-state index in [1.54, 1.807) is 18.8 Å². The van der Waals surface area contributed by atoms with E-state index in [1.807, 2.05) is 13.2 Å². The van der Waals surface area contributed by atoms with Gasteiger partial charge in [0.15, 0.2) is 0 Å². The Hall–Kier alpha value is -1.76. The highest BCUT2D eigenvalue weighted by atomic mass is 32.2. The molecule has 6 nitrogen and oxygen atoms in total. The van der Waals surface area contributed by atoms with Crippen LogP contribution in [0.4, 0.5) is 5.69 Å². The molecule has 1 amide bonds. The van der Waals surface area contributed by atoms with Crippen LogP contribution in [0.1, 0.15) is 23.7 Å². The van der Waals surface area contributed by atoms with Gasteiger partial charge in [-0.1, -0.05) is 6.92 Å². The van der Waals surface area contributed by atoms with Gasteiger partial charge in [0.1, 0.15) is 11.3 Å². The first-order chi connectivity index (χ1) is 9.42. The second kappa shape index (κ2) is 7.14. The monoisotopic (exact) mass is 298 g/mol. The summed E-state index contributed by atoms with van der Waals surface area (Å²) >= 11 is 1.61. The van der Waals surface area contributed by atoms with Crippen LogP contribution in [0.2, 0.25) is 0 Å². The second-order valence-corrected chi connectivity index (χ2v) is 5.30. The molecule has 0 radical (unpaired) electrons. The molecule has 1 aromatic carbocycles. The first kappa shape index (κ1) is 16.3. The summed E-state index contributed by atoms with van der Waals surface area (Å²) in [6.45, 7) is 1.96. The first-order valence-electron chi connectivity index (χ1n) is 6.15. The summed E-state index contributed by atoms with van der Waals surface area (Å²) in [5.41, 5.74) is -0.379. The van der Waals surface area contributed by atoms with Gasteiger partial charge in [-0.15, -0.1) is 0 Å². The van der Waals surface area contributed by atoms with Gasteiger partial charge >= 0.3 is 0 Å². The van der Waals surface area contributed by atoms with Crippen LogP contribution in [0.5, 0.6) is 5.75 Å². The van der Waals surface area contributed by atoms with Crippen molar-refractivity contribution in [3.8, 4) is 5.75 Å². The fraction of sp³-hybridized carbons (Fsp3) is 0.462. The Morgan fingerprint density at radius 2 is 2.20 bits per heavy atom. The van der Waals surface area contributed by atoms with Crippen molar-refractivity contribution in [2.75, 3.05) is 19.1 Å². The molecule has 0 aromatic heterocycles. The van der Waals surface area contributed by atoms with Gasteiger partial charge in [-0.3, -0.25) is 14.9 Å². The molecule has 1 N–H and O–H groups in total. The van der Waals surface area contributed by atoms with Crippen molar-refractivity contribution in [2.24, 2.45) is 0 Å². The Morgan fingerprint density at radius 3 is 2.70 bits per heavy atom. The number of hydrogen-bond acceptors (Lipinski definition) is 5. The van der Waals surface area contributed by atoms with Gasteiger partial charge in [0, 0.05) is 24.9 Å². The number of rotatable bonds is 6. The van der Waals surface area contributed by atoms with Gasteiger partial charge in [-0.05, 0) is 24.8 Å². The summed E-state index contributed by atoms with van der Waals surface area (Å²) in [4.78, 5) is 24.3. The summed E-state index contributed by atoms with van der Waals surface area (Å²) in [7, 11) is 1.63. The molecule has 0 bridgehead atoms. The minimum Gasteiger partial charge on any atom is -0.508 e. The van der Waals surface area contributed by atoms with Crippen molar-refractivity contribution >= 4 is 23.4 Å². The van der Waals surface area contributed by atoms with Crippen molar-refractivity contribution in [2.45, 2.75) is 19.4 Å². The van der Waals surface area contributed by atoms with Crippen LogP contribution in [0.25, 0.3) is 0 Å². The summed E-state index contributed by atoms with van der Waals surface area (Å²) in [5, 5.41) is 20.4. The zero-order valence-electron chi connectivity index (χ0n) is 11.7. The molecule has 0 saturated carbocycles. The number of nitro groups is 1. The van der Waals surface area contributed by atoms with Crippen LogP contribution in [0, 0.1) is 10.1 Å². The van der Waals surface area contributed by atoms with Crippen molar-refractivity contribution in [1.29, 1.82) is 0 Å². The van der Waals surface area contributed by atoms with Gasteiger partial charge in [-0.2, -0.15) is 11.8 Å². The SMILES string of the molecule is CCC(CSC)N(C)C(=O)c1cc(O)ccc1[N+](=O)[O-]. The quantitative estimate of drug-likeness (QED) is 0.644. The molecule has 0 aliphatic carbocycles. The third-order valence-corrected chi connectivity index (χ3v) is 3.82. The number of hydrogen-bond donors (Lipinski definition) is 1. The van der Waals surface area contributed by atoms with Crippen LogP contribution in [0.3, 0.4) is 0 Å². The number of aromatic hydroxyl groups is 1. The second-order valence-electron chi connectivity index (χ2n) is 4.39. The fourth-order valence-corrected chi connectivity index (χ4v) is 2.75.